The molecule has 5 nitrogen and oxygen atoms in total. The minimum atomic E-state index is -0.0879. The molecule has 2 aromatic rings. The molecule has 0 aromatic carbocycles. The van der Waals surface area contributed by atoms with Crippen molar-refractivity contribution < 1.29 is 0 Å². The van der Waals surface area contributed by atoms with Crippen molar-refractivity contribution in [2.45, 2.75) is 45.6 Å². The average Bonchev–Trinajstić information content (AvgIpc) is 2.82. The number of hydrogen-bond acceptors (Lipinski definition) is 5. The van der Waals surface area contributed by atoms with Crippen LogP contribution >= 0.6 is 11.3 Å². The van der Waals surface area contributed by atoms with Crippen LogP contribution in [0.3, 0.4) is 0 Å². The van der Waals surface area contributed by atoms with Crippen LogP contribution in [0.4, 0.5) is 5.13 Å². The maximum Gasteiger partial charge on any atom is 0.275 e. The molecule has 1 aliphatic heterocycles. The first-order valence-corrected chi connectivity index (χ1v) is 7.65. The predicted octanol–water partition coefficient (Wildman–Crippen LogP) is 2.23. The lowest BCUT2D eigenvalue weighted by atomic mass is 10.0. The maximum absolute atomic E-state index is 11.9. The van der Waals surface area contributed by atoms with Crippen LogP contribution in [0, 0.1) is 6.92 Å². The van der Waals surface area contributed by atoms with Crippen molar-refractivity contribution in [3.8, 4) is 0 Å². The van der Waals surface area contributed by atoms with Gasteiger partial charge in [0.05, 0.1) is 0 Å². The van der Waals surface area contributed by atoms with E-state index in [2.05, 4.69) is 21.9 Å². The third-order valence-corrected chi connectivity index (χ3v) is 4.65. The molecule has 6 heteroatoms. The fourth-order valence-corrected chi connectivity index (χ4v) is 3.75. The van der Waals surface area contributed by atoms with Crippen molar-refractivity contribution in [3.63, 3.8) is 0 Å². The molecule has 2 aromatic heterocycles. The standard InChI is InChI=1S/C13H18N4OS/c1-3-10-6-4-5-7-16(10)13-15-17-11(18)8-9(2)14-12(17)19-13/h8,10H,3-7H2,1-2H3/t10-/m1/s1. The molecule has 0 radical (unpaired) electrons. The predicted molar refractivity (Wildman–Crippen MR) is 77.1 cm³/mol. The topological polar surface area (TPSA) is 50.5 Å². The highest BCUT2D eigenvalue weighted by atomic mass is 32.1. The van der Waals surface area contributed by atoms with E-state index in [-0.39, 0.29) is 5.56 Å². The number of anilines is 1. The molecule has 3 rings (SSSR count). The quantitative estimate of drug-likeness (QED) is 0.845. The van der Waals surface area contributed by atoms with E-state index in [4.69, 9.17) is 0 Å². The van der Waals surface area contributed by atoms with Gasteiger partial charge in [-0.2, -0.15) is 4.52 Å². The molecule has 0 saturated carbocycles. The Labute approximate surface area is 115 Å². The van der Waals surface area contributed by atoms with Crippen molar-refractivity contribution >= 4 is 21.4 Å². The number of nitrogens with zero attached hydrogens (tertiary/aromatic N) is 4. The Kier molecular flexibility index (Phi) is 3.26. The molecule has 0 spiro atoms. The summed E-state index contributed by atoms with van der Waals surface area (Å²) in [5.41, 5.74) is 0.668. The second kappa shape index (κ2) is 4.92. The van der Waals surface area contributed by atoms with Gasteiger partial charge in [0.15, 0.2) is 0 Å². The zero-order valence-electron chi connectivity index (χ0n) is 11.3. The summed E-state index contributed by atoms with van der Waals surface area (Å²) in [6, 6.07) is 2.08. The number of fused-ring (bicyclic) bond motifs is 1. The Morgan fingerprint density at radius 3 is 3.11 bits per heavy atom. The van der Waals surface area contributed by atoms with Crippen LogP contribution in [-0.4, -0.2) is 27.2 Å². The zero-order chi connectivity index (χ0) is 13.4. The molecule has 1 aliphatic rings. The van der Waals surface area contributed by atoms with E-state index >= 15 is 0 Å². The molecule has 1 fully saturated rings. The van der Waals surface area contributed by atoms with Gasteiger partial charge in [0.2, 0.25) is 10.1 Å². The largest absolute Gasteiger partial charge is 0.344 e. The zero-order valence-corrected chi connectivity index (χ0v) is 12.1. The summed E-state index contributed by atoms with van der Waals surface area (Å²) < 4.78 is 1.42. The van der Waals surface area contributed by atoms with Crippen molar-refractivity contribution in [1.82, 2.24) is 14.6 Å². The van der Waals surface area contributed by atoms with Gasteiger partial charge in [0.25, 0.3) is 5.56 Å². The minimum Gasteiger partial charge on any atom is -0.344 e. The minimum absolute atomic E-state index is 0.0879. The van der Waals surface area contributed by atoms with Gasteiger partial charge in [0, 0.05) is 24.3 Å². The second-order valence-corrected chi connectivity index (χ2v) is 6.00. The summed E-state index contributed by atoms with van der Waals surface area (Å²) in [6.45, 7) is 5.09. The number of aromatic nitrogens is 3. The molecule has 0 amide bonds. The third-order valence-electron chi connectivity index (χ3n) is 3.71. The lowest BCUT2D eigenvalue weighted by Gasteiger charge is -2.34. The monoisotopic (exact) mass is 278 g/mol. The summed E-state index contributed by atoms with van der Waals surface area (Å²) in [7, 11) is 0. The smallest absolute Gasteiger partial charge is 0.275 e. The lowest BCUT2D eigenvalue weighted by Crippen LogP contribution is -2.39. The van der Waals surface area contributed by atoms with E-state index in [0.717, 1.165) is 23.8 Å². The molecule has 3 heterocycles. The number of aryl methyl sites for hydroxylation is 1. The molecular weight excluding hydrogens is 260 g/mol. The van der Waals surface area contributed by atoms with E-state index in [9.17, 15) is 4.79 Å². The van der Waals surface area contributed by atoms with Crippen LogP contribution in [0.1, 0.15) is 38.3 Å². The fourth-order valence-electron chi connectivity index (χ4n) is 2.70. The van der Waals surface area contributed by atoms with Crippen LogP contribution in [0.15, 0.2) is 10.9 Å². The number of piperidine rings is 1. The first kappa shape index (κ1) is 12.6. The first-order chi connectivity index (χ1) is 9.19. The van der Waals surface area contributed by atoms with Gasteiger partial charge in [-0.1, -0.05) is 18.3 Å². The van der Waals surface area contributed by atoms with Gasteiger partial charge < -0.3 is 4.90 Å². The van der Waals surface area contributed by atoms with Gasteiger partial charge in [-0.05, 0) is 32.6 Å². The average molecular weight is 278 g/mol. The summed E-state index contributed by atoms with van der Waals surface area (Å²) in [5.74, 6) is 0. The highest BCUT2D eigenvalue weighted by molar-refractivity contribution is 7.20. The molecule has 1 saturated heterocycles. The van der Waals surface area contributed by atoms with Crippen LogP contribution < -0.4 is 10.5 Å². The molecule has 1 atom stereocenters. The Balaban J connectivity index is 2.05. The van der Waals surface area contributed by atoms with E-state index in [1.54, 1.807) is 0 Å². The molecule has 0 aliphatic carbocycles. The van der Waals surface area contributed by atoms with Crippen LogP contribution in [0.25, 0.3) is 4.96 Å². The number of rotatable bonds is 2. The Hall–Kier alpha value is -1.43. The van der Waals surface area contributed by atoms with Crippen LogP contribution in [0.2, 0.25) is 0 Å². The highest BCUT2D eigenvalue weighted by Crippen LogP contribution is 2.29. The van der Waals surface area contributed by atoms with Crippen molar-refractivity contribution in [2.24, 2.45) is 0 Å². The summed E-state index contributed by atoms with van der Waals surface area (Å²) in [4.78, 5) is 19.3. The molecule has 0 N–H and O–H groups in total. The Bertz CT molecular complexity index is 648. The fraction of sp³-hybridized carbons (Fsp3) is 0.615. The molecule has 19 heavy (non-hydrogen) atoms. The van der Waals surface area contributed by atoms with Gasteiger partial charge in [-0.25, -0.2) is 4.98 Å². The van der Waals surface area contributed by atoms with Gasteiger partial charge >= 0.3 is 0 Å². The van der Waals surface area contributed by atoms with Crippen molar-refractivity contribution in [1.29, 1.82) is 0 Å². The van der Waals surface area contributed by atoms with Gasteiger partial charge in [0.1, 0.15) is 0 Å². The second-order valence-electron chi connectivity index (χ2n) is 5.07. The first-order valence-electron chi connectivity index (χ1n) is 6.83. The van der Waals surface area contributed by atoms with E-state index in [1.807, 2.05) is 6.92 Å². The Morgan fingerprint density at radius 1 is 1.47 bits per heavy atom. The summed E-state index contributed by atoms with van der Waals surface area (Å²) in [6.07, 6.45) is 4.83. The van der Waals surface area contributed by atoms with Crippen LogP contribution in [-0.2, 0) is 0 Å². The Morgan fingerprint density at radius 2 is 2.32 bits per heavy atom. The molecular formula is C13H18N4OS. The molecule has 0 unspecified atom stereocenters. The molecule has 102 valence electrons. The third kappa shape index (κ3) is 2.25. The van der Waals surface area contributed by atoms with Crippen molar-refractivity contribution in [3.05, 3.63) is 22.1 Å². The molecule has 0 bridgehead atoms. The number of hydrogen-bond donors (Lipinski definition) is 0. The lowest BCUT2D eigenvalue weighted by molar-refractivity contribution is 0.448. The summed E-state index contributed by atoms with van der Waals surface area (Å²) >= 11 is 1.52. The van der Waals surface area contributed by atoms with E-state index in [0.29, 0.717) is 11.0 Å². The maximum atomic E-state index is 11.9. The SMILES string of the molecule is CC[C@@H]1CCCCN1c1nn2c(=O)cc(C)nc2s1. The van der Waals surface area contributed by atoms with E-state index < -0.39 is 0 Å². The summed E-state index contributed by atoms with van der Waals surface area (Å²) in [5, 5.41) is 5.39. The van der Waals surface area contributed by atoms with Gasteiger partial charge in [-0.15, -0.1) is 5.10 Å². The normalized spacial score (nSPS) is 20.1. The van der Waals surface area contributed by atoms with Crippen LogP contribution in [0.5, 0.6) is 0 Å². The van der Waals surface area contributed by atoms with Gasteiger partial charge in [-0.3, -0.25) is 4.79 Å². The van der Waals surface area contributed by atoms with Crippen molar-refractivity contribution in [2.75, 3.05) is 11.4 Å². The van der Waals surface area contributed by atoms with E-state index in [1.165, 1.54) is 41.2 Å². The highest BCUT2D eigenvalue weighted by Gasteiger charge is 2.24.